The predicted molar refractivity (Wildman–Crippen MR) is 97.9 cm³/mol. The summed E-state index contributed by atoms with van der Waals surface area (Å²) in [6.07, 6.45) is 5.11. The molecular formula is C20H13N5O. The molecule has 4 aromatic rings. The maximum absolute atomic E-state index is 11.6. The Kier molecular flexibility index (Phi) is 3.75. The van der Waals surface area contributed by atoms with Crippen molar-refractivity contribution in [2.45, 2.75) is 6.92 Å². The van der Waals surface area contributed by atoms with Crippen LogP contribution in [0.25, 0.3) is 33.0 Å². The Labute approximate surface area is 149 Å². The number of nitrogens with zero attached hydrogens (tertiary/aromatic N) is 5. The molecule has 0 aliphatic carbocycles. The lowest BCUT2D eigenvalue weighted by atomic mass is 10.0. The first-order valence-electron chi connectivity index (χ1n) is 7.95. The van der Waals surface area contributed by atoms with Gasteiger partial charge in [-0.25, -0.2) is 14.4 Å². The van der Waals surface area contributed by atoms with Crippen LogP contribution in [-0.4, -0.2) is 25.1 Å². The molecule has 4 aromatic heterocycles. The minimum Gasteiger partial charge on any atom is -0.362 e. The zero-order chi connectivity index (χ0) is 18.1. The molecule has 26 heavy (non-hydrogen) atoms. The Bertz CT molecular complexity index is 1190. The summed E-state index contributed by atoms with van der Waals surface area (Å²) in [5.74, 6) is 0.356. The van der Waals surface area contributed by atoms with Gasteiger partial charge >= 0.3 is 0 Å². The summed E-state index contributed by atoms with van der Waals surface area (Å²) in [6, 6.07) is 12.9. The molecule has 0 saturated carbocycles. The Morgan fingerprint density at radius 3 is 2.81 bits per heavy atom. The van der Waals surface area contributed by atoms with Crippen molar-refractivity contribution in [1.29, 1.82) is 0 Å². The van der Waals surface area contributed by atoms with Crippen molar-refractivity contribution in [2.24, 2.45) is 0 Å². The van der Waals surface area contributed by atoms with Crippen molar-refractivity contribution in [3.8, 4) is 22.5 Å². The third-order valence-electron chi connectivity index (χ3n) is 4.07. The van der Waals surface area contributed by atoms with Crippen molar-refractivity contribution in [1.82, 2.24) is 19.4 Å². The lowest BCUT2D eigenvalue weighted by molar-refractivity contribution is 0.101. The maximum atomic E-state index is 11.6. The van der Waals surface area contributed by atoms with Gasteiger partial charge in [0.1, 0.15) is 5.69 Å². The van der Waals surface area contributed by atoms with Gasteiger partial charge in [-0.05, 0) is 24.3 Å². The number of carbonyl (C=O) groups is 1. The van der Waals surface area contributed by atoms with E-state index in [2.05, 4.69) is 19.8 Å². The van der Waals surface area contributed by atoms with Crippen LogP contribution in [0, 0.1) is 6.57 Å². The molecule has 0 unspecified atom stereocenters. The van der Waals surface area contributed by atoms with Crippen molar-refractivity contribution in [3.05, 3.63) is 78.2 Å². The molecule has 0 aliphatic heterocycles. The van der Waals surface area contributed by atoms with Gasteiger partial charge in [0, 0.05) is 30.3 Å². The molecule has 0 atom stereocenters. The number of pyridine rings is 3. The number of hydrogen-bond donors (Lipinski definition) is 0. The SMILES string of the molecule is [C-]#[N+]c1cnc2ccc(-c3cccnc3-c3cccc(C(C)=O)n3)cn12. The second-order valence-electron chi connectivity index (χ2n) is 5.74. The Morgan fingerprint density at radius 2 is 2.00 bits per heavy atom. The van der Waals surface area contributed by atoms with E-state index in [-0.39, 0.29) is 5.78 Å². The van der Waals surface area contributed by atoms with Crippen LogP contribution >= 0.6 is 0 Å². The molecule has 0 bridgehead atoms. The molecule has 0 saturated heterocycles. The monoisotopic (exact) mass is 339 g/mol. The molecular weight excluding hydrogens is 326 g/mol. The molecule has 6 heteroatoms. The van der Waals surface area contributed by atoms with Crippen LogP contribution < -0.4 is 0 Å². The fourth-order valence-electron chi connectivity index (χ4n) is 2.81. The number of imidazole rings is 1. The van der Waals surface area contributed by atoms with Crippen molar-refractivity contribution >= 4 is 17.2 Å². The van der Waals surface area contributed by atoms with Gasteiger partial charge in [0.2, 0.25) is 5.65 Å². The van der Waals surface area contributed by atoms with Gasteiger partial charge in [0.15, 0.2) is 5.78 Å². The van der Waals surface area contributed by atoms with Crippen LogP contribution in [0.3, 0.4) is 0 Å². The zero-order valence-electron chi connectivity index (χ0n) is 13.9. The van der Waals surface area contributed by atoms with E-state index in [1.165, 1.54) is 6.92 Å². The fourth-order valence-corrected chi connectivity index (χ4v) is 2.81. The topological polar surface area (TPSA) is 64.5 Å². The van der Waals surface area contributed by atoms with E-state index < -0.39 is 0 Å². The lowest BCUT2D eigenvalue weighted by Gasteiger charge is -2.09. The van der Waals surface area contributed by atoms with Gasteiger partial charge < -0.3 is 4.85 Å². The minimum absolute atomic E-state index is 0.0918. The lowest BCUT2D eigenvalue weighted by Crippen LogP contribution is -1.99. The second-order valence-corrected chi connectivity index (χ2v) is 5.74. The Morgan fingerprint density at radius 1 is 1.12 bits per heavy atom. The molecule has 0 spiro atoms. The van der Waals surface area contributed by atoms with E-state index >= 15 is 0 Å². The molecule has 0 radical (unpaired) electrons. The summed E-state index contributed by atoms with van der Waals surface area (Å²) >= 11 is 0. The average molecular weight is 339 g/mol. The van der Waals surface area contributed by atoms with E-state index in [1.807, 2.05) is 36.5 Å². The van der Waals surface area contributed by atoms with Gasteiger partial charge in [-0.3, -0.25) is 9.78 Å². The van der Waals surface area contributed by atoms with Gasteiger partial charge in [0.05, 0.1) is 23.8 Å². The number of aromatic nitrogens is 4. The molecule has 4 heterocycles. The molecule has 4 rings (SSSR count). The van der Waals surface area contributed by atoms with Gasteiger partial charge in [-0.2, -0.15) is 0 Å². The van der Waals surface area contributed by atoms with E-state index in [4.69, 9.17) is 6.57 Å². The van der Waals surface area contributed by atoms with Gasteiger partial charge in [0.25, 0.3) is 5.82 Å². The highest BCUT2D eigenvalue weighted by Crippen LogP contribution is 2.30. The molecule has 6 nitrogen and oxygen atoms in total. The second kappa shape index (κ2) is 6.22. The third-order valence-corrected chi connectivity index (χ3v) is 4.07. The van der Waals surface area contributed by atoms with E-state index in [1.54, 1.807) is 28.9 Å². The summed E-state index contributed by atoms with van der Waals surface area (Å²) in [5, 5.41) is 0. The summed E-state index contributed by atoms with van der Waals surface area (Å²) in [4.78, 5) is 28.3. The number of rotatable bonds is 3. The first-order valence-corrected chi connectivity index (χ1v) is 7.95. The molecule has 0 amide bonds. The highest BCUT2D eigenvalue weighted by molar-refractivity contribution is 5.93. The number of hydrogen-bond acceptors (Lipinski definition) is 4. The average Bonchev–Trinajstić information content (AvgIpc) is 3.10. The summed E-state index contributed by atoms with van der Waals surface area (Å²) in [7, 11) is 0. The minimum atomic E-state index is -0.0918. The third kappa shape index (κ3) is 2.62. The highest BCUT2D eigenvalue weighted by atomic mass is 16.1. The first-order chi connectivity index (χ1) is 12.7. The number of fused-ring (bicyclic) bond motifs is 1. The van der Waals surface area contributed by atoms with Crippen LogP contribution in [0.15, 0.2) is 61.1 Å². The molecule has 0 N–H and O–H groups in total. The number of ketones is 1. The first kappa shape index (κ1) is 15.7. The summed E-state index contributed by atoms with van der Waals surface area (Å²) in [6.45, 7) is 8.76. The summed E-state index contributed by atoms with van der Waals surface area (Å²) < 4.78 is 1.75. The van der Waals surface area contributed by atoms with Crippen LogP contribution in [0.5, 0.6) is 0 Å². The zero-order valence-corrected chi connectivity index (χ0v) is 13.9. The van der Waals surface area contributed by atoms with Crippen LogP contribution in [0.1, 0.15) is 17.4 Å². The Hall–Kier alpha value is -3.85. The number of Topliss-reactive ketones (excluding diaryl/α,β-unsaturated/α-hetero) is 1. The van der Waals surface area contributed by atoms with E-state index in [9.17, 15) is 4.79 Å². The maximum Gasteiger partial charge on any atom is 0.254 e. The van der Waals surface area contributed by atoms with Crippen molar-refractivity contribution in [2.75, 3.05) is 0 Å². The van der Waals surface area contributed by atoms with E-state index in [0.29, 0.717) is 28.5 Å². The predicted octanol–water partition coefficient (Wildman–Crippen LogP) is 4.21. The van der Waals surface area contributed by atoms with Crippen LogP contribution in [0.2, 0.25) is 0 Å². The Balaban J connectivity index is 1.90. The van der Waals surface area contributed by atoms with Crippen LogP contribution in [-0.2, 0) is 0 Å². The fraction of sp³-hybridized carbons (Fsp3) is 0.0500. The normalized spacial score (nSPS) is 10.6. The standard InChI is InChI=1S/C20H13N5O/c1-13(26)16-6-3-7-17(24-16)20-15(5-4-10-22-20)14-8-9-18-23-11-19(21-2)25(18)12-14/h3-12H,1H3. The molecule has 0 aliphatic rings. The molecule has 0 aromatic carbocycles. The smallest absolute Gasteiger partial charge is 0.254 e. The number of carbonyl (C=O) groups excluding carboxylic acids is 1. The quantitative estimate of drug-likeness (QED) is 0.414. The van der Waals surface area contributed by atoms with Gasteiger partial charge in [-0.15, -0.1) is 0 Å². The van der Waals surface area contributed by atoms with Gasteiger partial charge in [-0.1, -0.05) is 18.7 Å². The molecule has 124 valence electrons. The largest absolute Gasteiger partial charge is 0.362 e. The van der Waals surface area contributed by atoms with Crippen molar-refractivity contribution in [3.63, 3.8) is 0 Å². The summed E-state index contributed by atoms with van der Waals surface area (Å²) in [5.41, 5.74) is 4.18. The molecule has 0 fully saturated rings. The van der Waals surface area contributed by atoms with Crippen molar-refractivity contribution < 1.29 is 4.79 Å². The van der Waals surface area contributed by atoms with E-state index in [0.717, 1.165) is 11.1 Å². The highest BCUT2D eigenvalue weighted by Gasteiger charge is 2.14. The van der Waals surface area contributed by atoms with Crippen LogP contribution in [0.4, 0.5) is 5.82 Å².